The topological polar surface area (TPSA) is 80.3 Å². The summed E-state index contributed by atoms with van der Waals surface area (Å²) >= 11 is 0. The number of rotatable bonds is 6. The Balaban J connectivity index is 2.15. The van der Waals surface area contributed by atoms with Crippen molar-refractivity contribution in [3.05, 3.63) is 18.5 Å². The second kappa shape index (κ2) is 7.20. The van der Waals surface area contributed by atoms with Gasteiger partial charge in [-0.3, -0.25) is 4.98 Å². The number of hydrogen-bond donors (Lipinski definition) is 2. The number of pyridine rings is 1. The zero-order valence-corrected chi connectivity index (χ0v) is 13.3. The van der Waals surface area contributed by atoms with Gasteiger partial charge in [-0.15, -0.1) is 0 Å². The Kier molecular flexibility index (Phi) is 5.55. The second-order valence-electron chi connectivity index (χ2n) is 5.32. The van der Waals surface area contributed by atoms with E-state index in [0.717, 1.165) is 13.0 Å². The SMILES string of the molecule is CCCNc1ccncc1S(=O)(=O)NC1CCOC(C)C1. The van der Waals surface area contributed by atoms with Gasteiger partial charge in [-0.05, 0) is 32.3 Å². The molecule has 2 unspecified atom stereocenters. The van der Waals surface area contributed by atoms with Gasteiger partial charge in [0, 0.05) is 31.6 Å². The van der Waals surface area contributed by atoms with Crippen molar-refractivity contribution >= 4 is 15.7 Å². The van der Waals surface area contributed by atoms with Gasteiger partial charge in [0.05, 0.1) is 11.8 Å². The van der Waals surface area contributed by atoms with Crippen molar-refractivity contribution in [2.75, 3.05) is 18.5 Å². The Bertz CT molecular complexity index is 562. The normalized spacial score (nSPS) is 23.0. The van der Waals surface area contributed by atoms with Crippen LogP contribution < -0.4 is 10.0 Å². The van der Waals surface area contributed by atoms with Crippen LogP contribution in [0.2, 0.25) is 0 Å². The first-order chi connectivity index (χ1) is 10.0. The van der Waals surface area contributed by atoms with Crippen LogP contribution in [-0.4, -0.2) is 38.7 Å². The highest BCUT2D eigenvalue weighted by Gasteiger charge is 2.26. The summed E-state index contributed by atoms with van der Waals surface area (Å²) in [6.45, 7) is 5.30. The molecule has 2 N–H and O–H groups in total. The minimum absolute atomic E-state index is 0.0815. The Labute approximate surface area is 126 Å². The van der Waals surface area contributed by atoms with Crippen LogP contribution in [0.4, 0.5) is 5.69 Å². The molecule has 0 spiro atoms. The van der Waals surface area contributed by atoms with Gasteiger partial charge in [0.15, 0.2) is 0 Å². The number of anilines is 1. The van der Waals surface area contributed by atoms with Crippen LogP contribution in [-0.2, 0) is 14.8 Å². The van der Waals surface area contributed by atoms with Crippen LogP contribution in [0, 0.1) is 0 Å². The maximum absolute atomic E-state index is 12.6. The first-order valence-electron chi connectivity index (χ1n) is 7.34. The van der Waals surface area contributed by atoms with Gasteiger partial charge >= 0.3 is 0 Å². The fourth-order valence-electron chi connectivity index (χ4n) is 2.39. The summed E-state index contributed by atoms with van der Waals surface area (Å²) in [7, 11) is -3.57. The molecule has 0 amide bonds. The molecule has 0 radical (unpaired) electrons. The summed E-state index contributed by atoms with van der Waals surface area (Å²) in [6.07, 6.45) is 5.38. The third-order valence-electron chi connectivity index (χ3n) is 3.45. The zero-order valence-electron chi connectivity index (χ0n) is 12.5. The standard InChI is InChI=1S/C14H23N3O3S/c1-3-6-16-13-4-7-15-10-14(13)21(18,19)17-12-5-8-20-11(2)9-12/h4,7,10-12,17H,3,5-6,8-9H2,1-2H3,(H,15,16). The summed E-state index contributed by atoms with van der Waals surface area (Å²) in [5, 5.41) is 3.13. The first-order valence-corrected chi connectivity index (χ1v) is 8.83. The Morgan fingerprint density at radius 2 is 2.29 bits per heavy atom. The van der Waals surface area contributed by atoms with Gasteiger partial charge in [-0.1, -0.05) is 6.92 Å². The highest BCUT2D eigenvalue weighted by Crippen LogP contribution is 2.22. The van der Waals surface area contributed by atoms with Crippen molar-refractivity contribution in [2.24, 2.45) is 0 Å². The molecule has 0 aliphatic carbocycles. The molecule has 0 aromatic carbocycles. The lowest BCUT2D eigenvalue weighted by molar-refractivity contribution is 0.0173. The van der Waals surface area contributed by atoms with Crippen LogP contribution in [0.3, 0.4) is 0 Å². The molecule has 7 heteroatoms. The number of nitrogens with zero attached hydrogens (tertiary/aromatic N) is 1. The quantitative estimate of drug-likeness (QED) is 0.836. The summed E-state index contributed by atoms with van der Waals surface area (Å²) in [6, 6.07) is 1.61. The first kappa shape index (κ1) is 16.2. The zero-order chi connectivity index (χ0) is 15.3. The van der Waals surface area contributed by atoms with Crippen molar-refractivity contribution < 1.29 is 13.2 Å². The van der Waals surface area contributed by atoms with E-state index in [4.69, 9.17) is 4.74 Å². The third kappa shape index (κ3) is 4.39. The van der Waals surface area contributed by atoms with Gasteiger partial charge in [0.25, 0.3) is 0 Å². The van der Waals surface area contributed by atoms with E-state index in [2.05, 4.69) is 15.0 Å². The van der Waals surface area contributed by atoms with E-state index in [1.54, 1.807) is 12.3 Å². The number of hydrogen-bond acceptors (Lipinski definition) is 5. The van der Waals surface area contributed by atoms with Gasteiger partial charge in [0.1, 0.15) is 4.90 Å². The minimum Gasteiger partial charge on any atom is -0.384 e. The molecule has 21 heavy (non-hydrogen) atoms. The highest BCUT2D eigenvalue weighted by atomic mass is 32.2. The van der Waals surface area contributed by atoms with E-state index in [9.17, 15) is 8.42 Å². The van der Waals surface area contributed by atoms with Crippen LogP contribution in [0.5, 0.6) is 0 Å². The molecule has 1 saturated heterocycles. The fourth-order valence-corrected chi connectivity index (χ4v) is 3.80. The average Bonchev–Trinajstić information content (AvgIpc) is 2.45. The van der Waals surface area contributed by atoms with Crippen molar-refractivity contribution in [1.82, 2.24) is 9.71 Å². The lowest BCUT2D eigenvalue weighted by Gasteiger charge is -2.28. The van der Waals surface area contributed by atoms with E-state index in [1.165, 1.54) is 6.20 Å². The predicted octanol–water partition coefficient (Wildman–Crippen LogP) is 1.75. The molecule has 1 aromatic rings. The Hall–Kier alpha value is -1.18. The Morgan fingerprint density at radius 3 is 3.00 bits per heavy atom. The van der Waals surface area contributed by atoms with Crippen LogP contribution >= 0.6 is 0 Å². The van der Waals surface area contributed by atoms with Gasteiger partial charge < -0.3 is 10.1 Å². The van der Waals surface area contributed by atoms with Crippen molar-refractivity contribution in [3.8, 4) is 0 Å². The highest BCUT2D eigenvalue weighted by molar-refractivity contribution is 7.89. The lowest BCUT2D eigenvalue weighted by atomic mass is 10.1. The van der Waals surface area contributed by atoms with Crippen LogP contribution in [0.15, 0.2) is 23.4 Å². The number of aromatic nitrogens is 1. The van der Waals surface area contributed by atoms with Crippen molar-refractivity contribution in [3.63, 3.8) is 0 Å². The lowest BCUT2D eigenvalue weighted by Crippen LogP contribution is -2.41. The molecule has 6 nitrogen and oxygen atoms in total. The molecule has 2 heterocycles. The van der Waals surface area contributed by atoms with Crippen molar-refractivity contribution in [1.29, 1.82) is 0 Å². The van der Waals surface area contributed by atoms with E-state index in [1.807, 2.05) is 13.8 Å². The van der Waals surface area contributed by atoms with Crippen LogP contribution in [0.1, 0.15) is 33.1 Å². The smallest absolute Gasteiger partial charge is 0.244 e. The summed E-state index contributed by atoms with van der Waals surface area (Å²) in [5.74, 6) is 0. The number of ether oxygens (including phenoxy) is 1. The summed E-state index contributed by atoms with van der Waals surface area (Å²) in [5.41, 5.74) is 0.597. The molecule has 1 aliphatic heterocycles. The Morgan fingerprint density at radius 1 is 1.48 bits per heavy atom. The molecule has 1 aromatic heterocycles. The summed E-state index contributed by atoms with van der Waals surface area (Å²) < 4.78 is 33.3. The van der Waals surface area contributed by atoms with E-state index in [-0.39, 0.29) is 17.0 Å². The molecule has 2 atom stereocenters. The maximum Gasteiger partial charge on any atom is 0.244 e. The van der Waals surface area contributed by atoms with E-state index < -0.39 is 10.0 Å². The third-order valence-corrected chi connectivity index (χ3v) is 4.99. The molecule has 2 rings (SSSR count). The fraction of sp³-hybridized carbons (Fsp3) is 0.643. The molecular formula is C14H23N3O3S. The maximum atomic E-state index is 12.6. The molecule has 118 valence electrons. The molecular weight excluding hydrogens is 290 g/mol. The molecule has 1 aliphatic rings. The predicted molar refractivity (Wildman–Crippen MR) is 81.8 cm³/mol. The largest absolute Gasteiger partial charge is 0.384 e. The van der Waals surface area contributed by atoms with E-state index >= 15 is 0 Å². The number of nitrogens with one attached hydrogen (secondary N) is 2. The molecule has 0 bridgehead atoms. The van der Waals surface area contributed by atoms with E-state index in [0.29, 0.717) is 25.1 Å². The average molecular weight is 313 g/mol. The second-order valence-corrected chi connectivity index (χ2v) is 7.01. The number of sulfonamides is 1. The summed E-state index contributed by atoms with van der Waals surface area (Å²) in [4.78, 5) is 4.15. The van der Waals surface area contributed by atoms with Gasteiger partial charge in [0.2, 0.25) is 10.0 Å². The monoisotopic (exact) mass is 313 g/mol. The van der Waals surface area contributed by atoms with Crippen molar-refractivity contribution in [2.45, 2.75) is 50.2 Å². The minimum atomic E-state index is -3.57. The molecule has 1 fully saturated rings. The van der Waals surface area contributed by atoms with Gasteiger partial charge in [-0.25, -0.2) is 13.1 Å². The van der Waals surface area contributed by atoms with Gasteiger partial charge in [-0.2, -0.15) is 0 Å². The van der Waals surface area contributed by atoms with Crippen LogP contribution in [0.25, 0.3) is 0 Å². The molecule has 0 saturated carbocycles.